The second-order valence-corrected chi connectivity index (χ2v) is 8.14. The normalized spacial score (nSPS) is 34.6. The number of carbonyl (C=O) groups excluding carboxylic acids is 2. The summed E-state index contributed by atoms with van der Waals surface area (Å²) in [6.45, 7) is 0.670. The maximum Gasteiger partial charge on any atom is 0.305 e. The Morgan fingerprint density at radius 1 is 1.21 bits per heavy atom. The van der Waals surface area contributed by atoms with Crippen LogP contribution in [0.2, 0.25) is 0 Å². The van der Waals surface area contributed by atoms with Crippen LogP contribution in [0.4, 0.5) is 0 Å². The molecule has 0 bridgehead atoms. The first-order valence-electron chi connectivity index (χ1n) is 10.6. The highest BCUT2D eigenvalue weighted by Gasteiger charge is 2.64. The first kappa shape index (κ1) is 22.6. The maximum absolute atomic E-state index is 13.2. The molecule has 1 aliphatic carbocycles. The minimum atomic E-state index is -0.840. The average molecular weight is 414 g/mol. The van der Waals surface area contributed by atoms with Gasteiger partial charge in [-0.2, -0.15) is 0 Å². The van der Waals surface area contributed by atoms with Gasteiger partial charge >= 0.3 is 5.97 Å². The van der Waals surface area contributed by atoms with Crippen LogP contribution in [0.3, 0.4) is 0 Å². The van der Waals surface area contributed by atoms with Crippen LogP contribution in [-0.2, 0) is 38.0 Å². The van der Waals surface area contributed by atoms with Crippen LogP contribution in [0, 0.1) is 5.92 Å². The molecule has 0 aromatic heterocycles. The summed E-state index contributed by atoms with van der Waals surface area (Å²) in [5, 5.41) is 0. The van der Waals surface area contributed by atoms with Crippen LogP contribution >= 0.6 is 0 Å². The van der Waals surface area contributed by atoms with Crippen molar-refractivity contribution in [1.82, 2.24) is 0 Å². The molecule has 3 rings (SSSR count). The predicted octanol–water partition coefficient (Wildman–Crippen LogP) is 2.37. The van der Waals surface area contributed by atoms with E-state index in [4.69, 9.17) is 23.7 Å². The molecule has 0 aromatic rings. The van der Waals surface area contributed by atoms with Gasteiger partial charge in [0.25, 0.3) is 0 Å². The van der Waals surface area contributed by atoms with Crippen LogP contribution in [0.15, 0.2) is 0 Å². The average Bonchev–Trinajstić information content (AvgIpc) is 3.21. The third-order valence-corrected chi connectivity index (χ3v) is 6.31. The molecule has 3 aliphatic rings. The number of esters is 1. The lowest BCUT2D eigenvalue weighted by Gasteiger charge is -2.35. The fourth-order valence-corrected chi connectivity index (χ4v) is 4.91. The molecule has 0 radical (unpaired) electrons. The molecular weight excluding hydrogens is 380 g/mol. The fraction of sp³-hybridized carbons (Fsp3) is 0.905. The molecule has 166 valence electrons. The highest BCUT2D eigenvalue weighted by Crippen LogP contribution is 2.51. The van der Waals surface area contributed by atoms with Crippen molar-refractivity contribution in [3.05, 3.63) is 0 Å². The molecule has 2 saturated heterocycles. The van der Waals surface area contributed by atoms with Crippen molar-refractivity contribution in [2.24, 2.45) is 5.92 Å². The van der Waals surface area contributed by atoms with Crippen molar-refractivity contribution in [2.75, 3.05) is 27.9 Å². The van der Waals surface area contributed by atoms with Gasteiger partial charge in [-0.15, -0.1) is 0 Å². The van der Waals surface area contributed by atoms with Gasteiger partial charge in [0.2, 0.25) is 0 Å². The zero-order valence-corrected chi connectivity index (χ0v) is 17.7. The molecule has 8 heteroatoms. The minimum Gasteiger partial charge on any atom is -0.469 e. The SMILES string of the molecule is COC(=O)CCCCC1CC2C(=O)C(OC3CCCCO3)CC2(C(OC)OC)O1. The van der Waals surface area contributed by atoms with Crippen molar-refractivity contribution in [2.45, 2.75) is 88.2 Å². The van der Waals surface area contributed by atoms with Crippen molar-refractivity contribution >= 4 is 11.8 Å². The number of fused-ring (bicyclic) bond motifs is 1. The van der Waals surface area contributed by atoms with E-state index in [1.165, 1.54) is 7.11 Å². The van der Waals surface area contributed by atoms with Gasteiger partial charge in [0.1, 0.15) is 11.7 Å². The monoisotopic (exact) mass is 414 g/mol. The predicted molar refractivity (Wildman–Crippen MR) is 102 cm³/mol. The lowest BCUT2D eigenvalue weighted by molar-refractivity contribution is -0.243. The Morgan fingerprint density at radius 2 is 2.00 bits per heavy atom. The van der Waals surface area contributed by atoms with Crippen molar-refractivity contribution < 1.29 is 38.0 Å². The Morgan fingerprint density at radius 3 is 2.66 bits per heavy atom. The number of ether oxygens (including phenoxy) is 6. The van der Waals surface area contributed by atoms with Crippen LogP contribution in [0.5, 0.6) is 0 Å². The summed E-state index contributed by atoms with van der Waals surface area (Å²) in [5.74, 6) is -0.480. The summed E-state index contributed by atoms with van der Waals surface area (Å²) in [6, 6.07) is 0. The Bertz CT molecular complexity index is 557. The number of hydrogen-bond donors (Lipinski definition) is 0. The summed E-state index contributed by atoms with van der Waals surface area (Å²) >= 11 is 0. The molecule has 8 nitrogen and oxygen atoms in total. The van der Waals surface area contributed by atoms with Crippen LogP contribution in [-0.4, -0.2) is 70.1 Å². The van der Waals surface area contributed by atoms with Crippen LogP contribution in [0.1, 0.15) is 57.8 Å². The zero-order valence-electron chi connectivity index (χ0n) is 17.7. The lowest BCUT2D eigenvalue weighted by atomic mass is 9.88. The van der Waals surface area contributed by atoms with Gasteiger partial charge in [0, 0.05) is 33.7 Å². The van der Waals surface area contributed by atoms with Gasteiger partial charge in [-0.05, 0) is 38.5 Å². The molecule has 0 aromatic carbocycles. The summed E-state index contributed by atoms with van der Waals surface area (Å²) in [4.78, 5) is 24.4. The molecular formula is C21H34O8. The fourth-order valence-electron chi connectivity index (χ4n) is 4.91. The lowest BCUT2D eigenvalue weighted by Crippen LogP contribution is -2.47. The molecule has 5 atom stereocenters. The van der Waals surface area contributed by atoms with E-state index in [-0.39, 0.29) is 30.1 Å². The van der Waals surface area contributed by atoms with Gasteiger partial charge < -0.3 is 28.4 Å². The van der Waals surface area contributed by atoms with Gasteiger partial charge in [0.15, 0.2) is 18.4 Å². The Hall–Kier alpha value is -1.06. The van der Waals surface area contributed by atoms with E-state index in [1.807, 2.05) is 0 Å². The summed E-state index contributed by atoms with van der Waals surface area (Å²) < 4.78 is 33.9. The first-order valence-corrected chi connectivity index (χ1v) is 10.6. The molecule has 0 amide bonds. The zero-order chi connectivity index (χ0) is 20.9. The molecule has 5 unspecified atom stereocenters. The van der Waals surface area contributed by atoms with Crippen molar-refractivity contribution in [3.8, 4) is 0 Å². The molecule has 29 heavy (non-hydrogen) atoms. The molecule has 1 saturated carbocycles. The molecule has 2 aliphatic heterocycles. The molecule has 2 heterocycles. The van der Waals surface area contributed by atoms with Gasteiger partial charge in [-0.3, -0.25) is 9.59 Å². The third-order valence-electron chi connectivity index (χ3n) is 6.31. The second kappa shape index (κ2) is 10.3. The smallest absolute Gasteiger partial charge is 0.305 e. The number of hydrogen-bond acceptors (Lipinski definition) is 8. The Labute approximate surface area is 172 Å². The number of unbranched alkanes of at least 4 members (excludes halogenated alkanes) is 1. The third kappa shape index (κ3) is 4.99. The van der Waals surface area contributed by atoms with Crippen LogP contribution in [0.25, 0.3) is 0 Å². The topological polar surface area (TPSA) is 89.5 Å². The van der Waals surface area contributed by atoms with Crippen molar-refractivity contribution in [1.29, 1.82) is 0 Å². The van der Waals surface area contributed by atoms with E-state index >= 15 is 0 Å². The van der Waals surface area contributed by atoms with E-state index < -0.39 is 18.0 Å². The van der Waals surface area contributed by atoms with E-state index in [9.17, 15) is 9.59 Å². The van der Waals surface area contributed by atoms with E-state index in [2.05, 4.69) is 4.74 Å². The Balaban J connectivity index is 1.62. The minimum absolute atomic E-state index is 0.0512. The summed E-state index contributed by atoms with van der Waals surface area (Å²) in [7, 11) is 4.53. The largest absolute Gasteiger partial charge is 0.469 e. The Kier molecular flexibility index (Phi) is 8.04. The quantitative estimate of drug-likeness (QED) is 0.306. The summed E-state index contributed by atoms with van der Waals surface area (Å²) in [5.41, 5.74) is -0.840. The highest BCUT2D eigenvalue weighted by molar-refractivity contribution is 5.90. The van der Waals surface area contributed by atoms with Crippen LogP contribution < -0.4 is 0 Å². The standard InChI is InChI=1S/C21H34O8/c1-24-17(22)9-5-4-8-14-12-15-19(23)16(28-18-10-6-7-11-27-18)13-21(15,29-14)20(25-2)26-3/h14-16,18,20H,4-13H2,1-3H3. The number of rotatable bonds is 10. The molecule has 0 spiro atoms. The number of Topliss-reactive ketones (excluding diaryl/α,β-unsaturated/α-hetero) is 1. The van der Waals surface area contributed by atoms with E-state index in [0.29, 0.717) is 25.9 Å². The van der Waals surface area contributed by atoms with Gasteiger partial charge in [-0.1, -0.05) is 6.42 Å². The number of methoxy groups -OCH3 is 3. The molecule has 0 N–H and O–H groups in total. The number of ketones is 1. The van der Waals surface area contributed by atoms with E-state index in [1.54, 1.807) is 14.2 Å². The second-order valence-electron chi connectivity index (χ2n) is 8.14. The van der Waals surface area contributed by atoms with E-state index in [0.717, 1.165) is 38.5 Å². The first-order chi connectivity index (χ1) is 14.0. The number of carbonyl (C=O) groups is 2. The van der Waals surface area contributed by atoms with Gasteiger partial charge in [-0.25, -0.2) is 0 Å². The maximum atomic E-state index is 13.2. The van der Waals surface area contributed by atoms with Crippen molar-refractivity contribution in [3.63, 3.8) is 0 Å². The van der Waals surface area contributed by atoms with Gasteiger partial charge in [0.05, 0.1) is 19.1 Å². The summed E-state index contributed by atoms with van der Waals surface area (Å²) in [6.07, 6.45) is 5.05. The highest BCUT2D eigenvalue weighted by atomic mass is 16.7. The molecule has 3 fully saturated rings.